The summed E-state index contributed by atoms with van der Waals surface area (Å²) < 4.78 is 0. The first kappa shape index (κ1) is 11.9. The van der Waals surface area contributed by atoms with Crippen molar-refractivity contribution in [3.05, 3.63) is 57.8 Å². The van der Waals surface area contributed by atoms with Crippen molar-refractivity contribution in [1.82, 2.24) is 5.43 Å². The van der Waals surface area contributed by atoms with E-state index < -0.39 is 0 Å². The third-order valence-electron chi connectivity index (χ3n) is 3.94. The lowest BCUT2D eigenvalue weighted by Crippen LogP contribution is -2.36. The standard InChI is InChI=1S/C15H18N2S/c1-11-9-12(10-18-11)14(17-16)15(7-8-15)13-5-3-2-4-6-13/h2-6,9-10,14,17H,7-8,16H2,1H3. The van der Waals surface area contributed by atoms with Gasteiger partial charge in [-0.1, -0.05) is 30.3 Å². The van der Waals surface area contributed by atoms with E-state index in [0.717, 1.165) is 0 Å². The summed E-state index contributed by atoms with van der Waals surface area (Å²) >= 11 is 1.79. The molecule has 1 fully saturated rings. The van der Waals surface area contributed by atoms with E-state index in [9.17, 15) is 0 Å². The summed E-state index contributed by atoms with van der Waals surface area (Å²) in [5.74, 6) is 5.83. The smallest absolute Gasteiger partial charge is 0.0564 e. The molecule has 3 heteroatoms. The summed E-state index contributed by atoms with van der Waals surface area (Å²) in [6.07, 6.45) is 2.42. The van der Waals surface area contributed by atoms with Gasteiger partial charge in [-0.25, -0.2) is 0 Å². The van der Waals surface area contributed by atoms with Gasteiger partial charge in [0.2, 0.25) is 0 Å². The largest absolute Gasteiger partial charge is 0.271 e. The van der Waals surface area contributed by atoms with E-state index in [1.165, 1.54) is 28.8 Å². The van der Waals surface area contributed by atoms with Crippen LogP contribution in [0, 0.1) is 6.92 Å². The number of hydrazine groups is 1. The van der Waals surface area contributed by atoms with Crippen LogP contribution in [0.2, 0.25) is 0 Å². The molecule has 94 valence electrons. The van der Waals surface area contributed by atoms with E-state index in [0.29, 0.717) is 0 Å². The van der Waals surface area contributed by atoms with Crippen LogP contribution in [0.1, 0.15) is 34.9 Å². The second kappa shape index (κ2) is 4.50. The van der Waals surface area contributed by atoms with Gasteiger partial charge in [0.1, 0.15) is 0 Å². The molecule has 0 spiro atoms. The van der Waals surface area contributed by atoms with E-state index in [2.05, 4.69) is 54.1 Å². The van der Waals surface area contributed by atoms with Crippen molar-refractivity contribution < 1.29 is 0 Å². The maximum Gasteiger partial charge on any atom is 0.0564 e. The number of rotatable bonds is 4. The van der Waals surface area contributed by atoms with Gasteiger partial charge in [-0.05, 0) is 42.3 Å². The minimum atomic E-state index is 0.198. The van der Waals surface area contributed by atoms with Crippen LogP contribution in [0.25, 0.3) is 0 Å². The van der Waals surface area contributed by atoms with Gasteiger partial charge >= 0.3 is 0 Å². The normalized spacial score (nSPS) is 18.6. The predicted octanol–water partition coefficient (Wildman–Crippen LogP) is 3.29. The zero-order chi connectivity index (χ0) is 12.6. The highest BCUT2D eigenvalue weighted by Gasteiger charge is 2.51. The Bertz CT molecular complexity index is 528. The molecule has 0 aliphatic heterocycles. The lowest BCUT2D eigenvalue weighted by Gasteiger charge is -2.26. The Labute approximate surface area is 112 Å². The van der Waals surface area contributed by atoms with Crippen LogP contribution >= 0.6 is 11.3 Å². The van der Waals surface area contributed by atoms with Crippen LogP contribution in [0.15, 0.2) is 41.8 Å². The summed E-state index contributed by atoms with van der Waals surface area (Å²) in [4.78, 5) is 1.34. The molecule has 18 heavy (non-hydrogen) atoms. The summed E-state index contributed by atoms with van der Waals surface area (Å²) in [5.41, 5.74) is 5.96. The van der Waals surface area contributed by atoms with E-state index in [1.54, 1.807) is 11.3 Å². The average Bonchev–Trinajstić information content (AvgIpc) is 3.09. The number of hydrogen-bond donors (Lipinski definition) is 2. The van der Waals surface area contributed by atoms with Crippen molar-refractivity contribution in [3.8, 4) is 0 Å². The summed E-state index contributed by atoms with van der Waals surface area (Å²) in [5, 5.41) is 2.23. The van der Waals surface area contributed by atoms with Gasteiger partial charge in [-0.15, -0.1) is 11.3 Å². The predicted molar refractivity (Wildman–Crippen MR) is 76.5 cm³/mol. The summed E-state index contributed by atoms with van der Waals surface area (Å²) in [7, 11) is 0. The van der Waals surface area contributed by atoms with Gasteiger partial charge in [0.25, 0.3) is 0 Å². The quantitative estimate of drug-likeness (QED) is 0.652. The van der Waals surface area contributed by atoms with E-state index in [-0.39, 0.29) is 11.5 Å². The lowest BCUT2D eigenvalue weighted by molar-refractivity contribution is 0.440. The molecular weight excluding hydrogens is 240 g/mol. The Hall–Kier alpha value is -1.16. The number of benzene rings is 1. The van der Waals surface area contributed by atoms with Crippen molar-refractivity contribution in [2.75, 3.05) is 0 Å². The molecule has 1 unspecified atom stereocenters. The zero-order valence-corrected chi connectivity index (χ0v) is 11.3. The number of nitrogens with two attached hydrogens (primary N) is 1. The highest BCUT2D eigenvalue weighted by molar-refractivity contribution is 7.10. The van der Waals surface area contributed by atoms with Gasteiger partial charge in [-0.3, -0.25) is 11.3 Å². The molecule has 1 saturated carbocycles. The Kier molecular flexibility index (Phi) is 2.98. The average molecular weight is 258 g/mol. The van der Waals surface area contributed by atoms with Crippen molar-refractivity contribution in [3.63, 3.8) is 0 Å². The fourth-order valence-electron chi connectivity index (χ4n) is 2.84. The Morgan fingerprint density at radius 3 is 2.50 bits per heavy atom. The first-order valence-corrected chi connectivity index (χ1v) is 7.21. The van der Waals surface area contributed by atoms with Gasteiger partial charge in [0, 0.05) is 10.3 Å². The molecule has 0 bridgehead atoms. The number of hydrogen-bond acceptors (Lipinski definition) is 3. The highest BCUT2D eigenvalue weighted by Crippen LogP contribution is 2.56. The Balaban J connectivity index is 1.97. The second-order valence-electron chi connectivity index (χ2n) is 5.11. The lowest BCUT2D eigenvalue weighted by atomic mass is 9.85. The molecule has 3 rings (SSSR count). The molecule has 1 heterocycles. The van der Waals surface area contributed by atoms with Crippen LogP contribution in [0.4, 0.5) is 0 Å². The Morgan fingerprint density at radius 1 is 1.28 bits per heavy atom. The minimum absolute atomic E-state index is 0.198. The molecular formula is C15H18N2S. The van der Waals surface area contributed by atoms with Crippen LogP contribution in [0.5, 0.6) is 0 Å². The van der Waals surface area contributed by atoms with Crippen LogP contribution in [-0.4, -0.2) is 0 Å². The van der Waals surface area contributed by atoms with Crippen LogP contribution in [-0.2, 0) is 5.41 Å². The topological polar surface area (TPSA) is 38.0 Å². The maximum absolute atomic E-state index is 5.83. The van der Waals surface area contributed by atoms with Crippen molar-refractivity contribution in [1.29, 1.82) is 0 Å². The van der Waals surface area contributed by atoms with E-state index in [4.69, 9.17) is 5.84 Å². The molecule has 0 saturated heterocycles. The van der Waals surface area contributed by atoms with Crippen molar-refractivity contribution in [2.24, 2.45) is 5.84 Å². The van der Waals surface area contributed by atoms with E-state index >= 15 is 0 Å². The maximum atomic E-state index is 5.83. The van der Waals surface area contributed by atoms with Crippen LogP contribution in [0.3, 0.4) is 0 Å². The molecule has 0 radical (unpaired) electrons. The minimum Gasteiger partial charge on any atom is -0.271 e. The molecule has 1 atom stereocenters. The summed E-state index contributed by atoms with van der Waals surface area (Å²) in [6, 6.07) is 13.2. The molecule has 0 amide bonds. The van der Waals surface area contributed by atoms with Gasteiger partial charge in [-0.2, -0.15) is 0 Å². The third kappa shape index (κ3) is 1.88. The van der Waals surface area contributed by atoms with Crippen LogP contribution < -0.4 is 11.3 Å². The molecule has 2 nitrogen and oxygen atoms in total. The first-order chi connectivity index (χ1) is 8.76. The SMILES string of the molecule is Cc1cc(C(NN)C2(c3ccccc3)CC2)cs1. The van der Waals surface area contributed by atoms with E-state index in [1.807, 2.05) is 0 Å². The zero-order valence-electron chi connectivity index (χ0n) is 10.5. The first-order valence-electron chi connectivity index (χ1n) is 6.33. The third-order valence-corrected chi connectivity index (χ3v) is 4.82. The second-order valence-corrected chi connectivity index (χ2v) is 6.23. The molecule has 1 aromatic heterocycles. The fraction of sp³-hybridized carbons (Fsp3) is 0.333. The molecule has 3 N–H and O–H groups in total. The Morgan fingerprint density at radius 2 is 2.00 bits per heavy atom. The fourth-order valence-corrected chi connectivity index (χ4v) is 3.57. The van der Waals surface area contributed by atoms with Crippen molar-refractivity contribution >= 4 is 11.3 Å². The molecule has 2 aromatic rings. The van der Waals surface area contributed by atoms with Crippen molar-refractivity contribution in [2.45, 2.75) is 31.2 Å². The number of thiophene rings is 1. The number of aryl methyl sites for hydroxylation is 1. The monoisotopic (exact) mass is 258 g/mol. The molecule has 1 aliphatic rings. The molecule has 1 aliphatic carbocycles. The summed E-state index contributed by atoms with van der Waals surface area (Å²) in [6.45, 7) is 2.14. The number of nitrogens with one attached hydrogen (secondary N) is 1. The van der Waals surface area contributed by atoms with Gasteiger partial charge in [0.15, 0.2) is 0 Å². The van der Waals surface area contributed by atoms with Gasteiger partial charge in [0.05, 0.1) is 6.04 Å². The highest BCUT2D eigenvalue weighted by atomic mass is 32.1. The van der Waals surface area contributed by atoms with Gasteiger partial charge < -0.3 is 0 Å². The molecule has 1 aromatic carbocycles.